The molecule has 2 aliphatic rings. The van der Waals surface area contributed by atoms with Gasteiger partial charge in [0.05, 0.1) is 16.9 Å². The van der Waals surface area contributed by atoms with Gasteiger partial charge in [-0.15, -0.1) is 11.3 Å². The van der Waals surface area contributed by atoms with Gasteiger partial charge >= 0.3 is 0 Å². The summed E-state index contributed by atoms with van der Waals surface area (Å²) in [6.07, 6.45) is 13.6. The maximum atomic E-state index is 12.9. The van der Waals surface area contributed by atoms with Gasteiger partial charge in [0, 0.05) is 17.5 Å². The largest absolute Gasteiger partial charge is 0.319 e. The summed E-state index contributed by atoms with van der Waals surface area (Å²) in [6, 6.07) is 2.08. The minimum absolute atomic E-state index is 0.107. The Hall–Kier alpha value is -1.75. The molecule has 2 aromatic heterocycles. The third-order valence-electron chi connectivity index (χ3n) is 6.43. The van der Waals surface area contributed by atoms with E-state index in [1.54, 1.807) is 17.5 Å². The zero-order chi connectivity index (χ0) is 19.5. The summed E-state index contributed by atoms with van der Waals surface area (Å²) in [5.41, 5.74) is 2.63. The van der Waals surface area contributed by atoms with Gasteiger partial charge in [-0.2, -0.15) is 0 Å². The highest BCUT2D eigenvalue weighted by Crippen LogP contribution is 2.41. The van der Waals surface area contributed by atoms with Crippen LogP contribution >= 0.6 is 11.3 Å². The van der Waals surface area contributed by atoms with Gasteiger partial charge in [0.15, 0.2) is 0 Å². The van der Waals surface area contributed by atoms with Gasteiger partial charge in [-0.05, 0) is 61.5 Å². The first-order valence-electron chi connectivity index (χ1n) is 10.8. The zero-order valence-corrected chi connectivity index (χ0v) is 17.8. The van der Waals surface area contributed by atoms with Crippen molar-refractivity contribution in [1.29, 1.82) is 0 Å². The molecule has 2 saturated carbocycles. The first kappa shape index (κ1) is 19.6. The van der Waals surface area contributed by atoms with E-state index >= 15 is 0 Å². The van der Waals surface area contributed by atoms with E-state index in [0.717, 1.165) is 22.5 Å². The predicted molar refractivity (Wildman–Crippen MR) is 115 cm³/mol. The molecule has 0 bridgehead atoms. The summed E-state index contributed by atoms with van der Waals surface area (Å²) >= 11 is 1.64. The lowest BCUT2D eigenvalue weighted by Crippen LogP contribution is -2.21. The Morgan fingerprint density at radius 1 is 1.07 bits per heavy atom. The average Bonchev–Trinajstić information content (AvgIpc) is 3.19. The van der Waals surface area contributed by atoms with E-state index in [1.165, 1.54) is 56.9 Å². The Morgan fingerprint density at radius 3 is 2.57 bits per heavy atom. The maximum Gasteiger partial charge on any atom is 0.275 e. The van der Waals surface area contributed by atoms with Gasteiger partial charge in [0.2, 0.25) is 0 Å². The molecule has 150 valence electrons. The van der Waals surface area contributed by atoms with Crippen LogP contribution in [0.2, 0.25) is 0 Å². The van der Waals surface area contributed by atoms with Gasteiger partial charge in [0.25, 0.3) is 5.91 Å². The summed E-state index contributed by atoms with van der Waals surface area (Å²) in [7, 11) is 0. The van der Waals surface area contributed by atoms with E-state index < -0.39 is 0 Å². The van der Waals surface area contributed by atoms with Crippen molar-refractivity contribution in [1.82, 2.24) is 9.97 Å². The number of rotatable bonds is 4. The van der Waals surface area contributed by atoms with Crippen molar-refractivity contribution in [2.24, 2.45) is 11.8 Å². The van der Waals surface area contributed by atoms with Crippen LogP contribution in [-0.4, -0.2) is 15.9 Å². The lowest BCUT2D eigenvalue weighted by molar-refractivity contribution is 0.102. The van der Waals surface area contributed by atoms with Crippen molar-refractivity contribution in [3.63, 3.8) is 0 Å². The lowest BCUT2D eigenvalue weighted by Gasteiger charge is -2.32. The maximum absolute atomic E-state index is 12.9. The molecule has 2 aromatic rings. The second-order valence-electron chi connectivity index (χ2n) is 8.94. The molecular weight excluding hydrogens is 366 g/mol. The molecule has 3 atom stereocenters. The number of carbonyl (C=O) groups is 1. The number of carbonyl (C=O) groups excluding carboxylic acids is 1. The molecule has 2 fully saturated rings. The molecule has 2 heterocycles. The molecule has 4 rings (SSSR count). The van der Waals surface area contributed by atoms with Crippen LogP contribution in [0.4, 0.5) is 5.69 Å². The normalized spacial score (nSPS) is 26.1. The number of anilines is 1. The second-order valence-corrected chi connectivity index (χ2v) is 9.83. The fraction of sp³-hybridized carbons (Fsp3) is 0.609. The average molecular weight is 398 g/mol. The molecule has 0 unspecified atom stereocenters. The molecule has 4 nitrogen and oxygen atoms in total. The molecule has 1 amide bonds. The van der Waals surface area contributed by atoms with Crippen LogP contribution in [0.1, 0.15) is 98.1 Å². The van der Waals surface area contributed by atoms with E-state index in [2.05, 4.69) is 35.2 Å². The molecular formula is C23H31N3OS. The highest BCUT2D eigenvalue weighted by atomic mass is 32.1. The van der Waals surface area contributed by atoms with Gasteiger partial charge in [-0.1, -0.05) is 33.1 Å². The van der Waals surface area contributed by atoms with Crippen LogP contribution in [0.25, 0.3) is 0 Å². The highest BCUT2D eigenvalue weighted by molar-refractivity contribution is 7.09. The predicted octanol–water partition coefficient (Wildman–Crippen LogP) is 6.38. The Balaban J connectivity index is 1.48. The Morgan fingerprint density at radius 2 is 1.82 bits per heavy atom. The van der Waals surface area contributed by atoms with Gasteiger partial charge < -0.3 is 5.32 Å². The SMILES string of the molecule is C[C@@H]1C[C@H](C)C[C@H](c2ccncc2NC(=O)c2csc(C3CCCCC3)n2)C1. The van der Waals surface area contributed by atoms with Crippen molar-refractivity contribution in [3.05, 3.63) is 40.1 Å². The smallest absolute Gasteiger partial charge is 0.275 e. The summed E-state index contributed by atoms with van der Waals surface area (Å²) in [4.78, 5) is 21.8. The number of pyridine rings is 1. The minimum Gasteiger partial charge on any atom is -0.319 e. The lowest BCUT2D eigenvalue weighted by atomic mass is 9.74. The third kappa shape index (κ3) is 4.45. The summed E-state index contributed by atoms with van der Waals surface area (Å²) < 4.78 is 0. The van der Waals surface area contributed by atoms with Crippen molar-refractivity contribution in [3.8, 4) is 0 Å². The number of nitrogens with zero attached hydrogens (tertiary/aromatic N) is 2. The van der Waals surface area contributed by atoms with E-state index in [9.17, 15) is 4.79 Å². The molecule has 5 heteroatoms. The summed E-state index contributed by atoms with van der Waals surface area (Å²) in [5, 5.41) is 6.16. The van der Waals surface area contributed by atoms with Crippen molar-refractivity contribution in [2.45, 2.75) is 77.0 Å². The monoisotopic (exact) mass is 397 g/mol. The quantitative estimate of drug-likeness (QED) is 0.651. The van der Waals surface area contributed by atoms with Gasteiger partial charge in [-0.3, -0.25) is 9.78 Å². The molecule has 2 aliphatic carbocycles. The Kier molecular flexibility index (Phi) is 6.10. The van der Waals surface area contributed by atoms with Crippen LogP contribution in [0.5, 0.6) is 0 Å². The van der Waals surface area contributed by atoms with Crippen LogP contribution in [0.15, 0.2) is 23.8 Å². The van der Waals surface area contributed by atoms with Crippen molar-refractivity contribution >= 4 is 22.9 Å². The fourth-order valence-electron chi connectivity index (χ4n) is 5.18. The number of hydrogen-bond acceptors (Lipinski definition) is 4. The number of aromatic nitrogens is 2. The molecule has 0 aliphatic heterocycles. The van der Waals surface area contributed by atoms with Crippen LogP contribution in [0.3, 0.4) is 0 Å². The molecule has 1 N–H and O–H groups in total. The molecule has 0 aromatic carbocycles. The van der Waals surface area contributed by atoms with Gasteiger partial charge in [-0.25, -0.2) is 4.98 Å². The topological polar surface area (TPSA) is 54.9 Å². The molecule has 28 heavy (non-hydrogen) atoms. The third-order valence-corrected chi connectivity index (χ3v) is 7.44. The van der Waals surface area contributed by atoms with Crippen LogP contribution in [-0.2, 0) is 0 Å². The minimum atomic E-state index is -0.107. The van der Waals surface area contributed by atoms with Crippen molar-refractivity contribution < 1.29 is 4.79 Å². The second kappa shape index (κ2) is 8.73. The van der Waals surface area contributed by atoms with Crippen molar-refractivity contribution in [2.75, 3.05) is 5.32 Å². The number of hydrogen-bond donors (Lipinski definition) is 1. The fourth-order valence-corrected chi connectivity index (χ4v) is 6.15. The molecule has 0 saturated heterocycles. The summed E-state index contributed by atoms with van der Waals surface area (Å²) in [6.45, 7) is 4.67. The van der Waals surface area contributed by atoms with Gasteiger partial charge in [0.1, 0.15) is 5.69 Å². The standard InChI is InChI=1S/C23H31N3OS/c1-15-10-16(2)12-18(11-15)19-8-9-24-13-20(19)25-22(27)21-14-28-23(26-21)17-6-4-3-5-7-17/h8-9,13-18H,3-7,10-12H2,1-2H3,(H,25,27)/t15-,16+,18-. The number of nitrogens with one attached hydrogen (secondary N) is 1. The number of amides is 1. The van der Waals surface area contributed by atoms with Crippen LogP contribution in [0, 0.1) is 11.8 Å². The van der Waals surface area contributed by atoms with Crippen LogP contribution < -0.4 is 5.32 Å². The van der Waals surface area contributed by atoms with E-state index in [0.29, 0.717) is 17.5 Å². The zero-order valence-electron chi connectivity index (χ0n) is 17.0. The Labute approximate surface area is 172 Å². The first-order valence-corrected chi connectivity index (χ1v) is 11.7. The summed E-state index contributed by atoms with van der Waals surface area (Å²) in [5.74, 6) is 2.37. The molecule has 0 spiro atoms. The Bertz CT molecular complexity index is 802. The van der Waals surface area contributed by atoms with E-state index in [-0.39, 0.29) is 5.91 Å². The first-order chi connectivity index (χ1) is 13.6. The molecule has 0 radical (unpaired) electrons. The van der Waals surface area contributed by atoms with E-state index in [1.807, 2.05) is 11.6 Å². The highest BCUT2D eigenvalue weighted by Gasteiger charge is 2.27. The number of thiazole rings is 1. The van der Waals surface area contributed by atoms with E-state index in [4.69, 9.17) is 0 Å².